The number of sulfonamides is 1. The minimum atomic E-state index is -3.02. The van der Waals surface area contributed by atoms with Crippen LogP contribution in [0.1, 0.15) is 0 Å². The van der Waals surface area contributed by atoms with E-state index in [0.29, 0.717) is 6.54 Å². The van der Waals surface area contributed by atoms with Crippen molar-refractivity contribution in [2.24, 2.45) is 11.8 Å². The van der Waals surface area contributed by atoms with Gasteiger partial charge in [-0.1, -0.05) is 0 Å². The Bertz CT molecular complexity index is 311. The SMILES string of the molecule is CS(=O)(=O)NCCN1C[C@H]2CNC[C@H]2C1.Cl. The van der Waals surface area contributed by atoms with Crippen molar-refractivity contribution in [3.05, 3.63) is 0 Å². The van der Waals surface area contributed by atoms with E-state index in [0.717, 1.165) is 44.6 Å². The smallest absolute Gasteiger partial charge is 0.208 e. The van der Waals surface area contributed by atoms with Gasteiger partial charge in [-0.05, 0) is 24.9 Å². The van der Waals surface area contributed by atoms with E-state index in [-0.39, 0.29) is 12.4 Å². The molecule has 5 nitrogen and oxygen atoms in total. The lowest BCUT2D eigenvalue weighted by molar-refractivity contribution is 0.318. The highest BCUT2D eigenvalue weighted by molar-refractivity contribution is 7.88. The number of rotatable bonds is 4. The van der Waals surface area contributed by atoms with Gasteiger partial charge in [0.2, 0.25) is 10.0 Å². The van der Waals surface area contributed by atoms with Gasteiger partial charge in [0.05, 0.1) is 6.26 Å². The fourth-order valence-corrected chi connectivity index (χ4v) is 2.99. The second-order valence-corrected chi connectivity index (χ2v) is 6.44. The summed E-state index contributed by atoms with van der Waals surface area (Å²) < 4.78 is 24.3. The van der Waals surface area contributed by atoms with Crippen LogP contribution in [0.3, 0.4) is 0 Å². The van der Waals surface area contributed by atoms with Crippen molar-refractivity contribution in [3.8, 4) is 0 Å². The molecule has 0 unspecified atom stereocenters. The van der Waals surface area contributed by atoms with Crippen LogP contribution in [0.15, 0.2) is 0 Å². The molecule has 0 aliphatic carbocycles. The molecule has 0 saturated carbocycles. The van der Waals surface area contributed by atoms with Crippen LogP contribution < -0.4 is 10.0 Å². The molecule has 2 atom stereocenters. The molecule has 2 aliphatic heterocycles. The standard InChI is InChI=1S/C9H19N3O2S.ClH/c1-15(13,14)11-2-3-12-6-8-4-10-5-9(8)7-12;/h8-11H,2-7H2,1H3;1H/t8-,9+;. The molecule has 2 heterocycles. The zero-order valence-electron chi connectivity index (χ0n) is 9.48. The average Bonchev–Trinajstić information content (AvgIpc) is 2.60. The number of hydrogen-bond acceptors (Lipinski definition) is 4. The predicted molar refractivity (Wildman–Crippen MR) is 66.4 cm³/mol. The molecule has 2 aliphatic rings. The maximum atomic E-state index is 10.9. The van der Waals surface area contributed by atoms with E-state index in [4.69, 9.17) is 0 Å². The van der Waals surface area contributed by atoms with Gasteiger partial charge in [-0.15, -0.1) is 12.4 Å². The summed E-state index contributed by atoms with van der Waals surface area (Å²) in [6.45, 7) is 5.85. The van der Waals surface area contributed by atoms with Crippen molar-refractivity contribution in [1.29, 1.82) is 0 Å². The molecule has 0 aromatic carbocycles. The van der Waals surface area contributed by atoms with Crippen LogP contribution in [0.25, 0.3) is 0 Å². The molecule has 0 spiro atoms. The Morgan fingerprint density at radius 3 is 2.38 bits per heavy atom. The Balaban J connectivity index is 0.00000128. The third kappa shape index (κ3) is 3.85. The van der Waals surface area contributed by atoms with Gasteiger partial charge in [-0.3, -0.25) is 0 Å². The van der Waals surface area contributed by atoms with E-state index in [9.17, 15) is 8.42 Å². The summed E-state index contributed by atoms with van der Waals surface area (Å²) in [5.41, 5.74) is 0. The zero-order chi connectivity index (χ0) is 10.9. The van der Waals surface area contributed by atoms with Crippen molar-refractivity contribution in [2.75, 3.05) is 45.5 Å². The van der Waals surface area contributed by atoms with Gasteiger partial charge in [0.15, 0.2) is 0 Å². The number of hydrogen-bond donors (Lipinski definition) is 2. The minimum absolute atomic E-state index is 0. The molecular formula is C9H20ClN3O2S. The van der Waals surface area contributed by atoms with Gasteiger partial charge in [0.25, 0.3) is 0 Å². The topological polar surface area (TPSA) is 61.4 Å². The van der Waals surface area contributed by atoms with Gasteiger partial charge in [0, 0.05) is 26.2 Å². The summed E-state index contributed by atoms with van der Waals surface area (Å²) in [4.78, 5) is 2.36. The van der Waals surface area contributed by atoms with E-state index in [1.807, 2.05) is 0 Å². The predicted octanol–water partition coefficient (Wildman–Crippen LogP) is -0.891. The highest BCUT2D eigenvalue weighted by Crippen LogP contribution is 2.25. The molecule has 2 N–H and O–H groups in total. The first-order chi connectivity index (χ1) is 7.04. The molecule has 0 radical (unpaired) electrons. The maximum absolute atomic E-state index is 10.9. The van der Waals surface area contributed by atoms with Gasteiger partial charge in [-0.25, -0.2) is 13.1 Å². The number of likely N-dealkylation sites (tertiary alicyclic amines) is 1. The van der Waals surface area contributed by atoms with Crippen LogP contribution in [0.5, 0.6) is 0 Å². The number of nitrogens with zero attached hydrogens (tertiary/aromatic N) is 1. The highest BCUT2D eigenvalue weighted by Gasteiger charge is 2.35. The minimum Gasteiger partial charge on any atom is -0.316 e. The summed E-state index contributed by atoms with van der Waals surface area (Å²) in [7, 11) is -3.02. The summed E-state index contributed by atoms with van der Waals surface area (Å²) in [5.74, 6) is 1.56. The number of nitrogens with one attached hydrogen (secondary N) is 2. The molecule has 0 aromatic rings. The molecule has 16 heavy (non-hydrogen) atoms. The zero-order valence-corrected chi connectivity index (χ0v) is 11.1. The molecule has 2 fully saturated rings. The van der Waals surface area contributed by atoms with Crippen molar-refractivity contribution in [3.63, 3.8) is 0 Å². The Morgan fingerprint density at radius 1 is 1.31 bits per heavy atom. The quantitative estimate of drug-likeness (QED) is 0.695. The second-order valence-electron chi connectivity index (χ2n) is 4.60. The van der Waals surface area contributed by atoms with E-state index in [1.54, 1.807) is 0 Å². The van der Waals surface area contributed by atoms with Crippen LogP contribution in [-0.4, -0.2) is 58.8 Å². The molecule has 7 heteroatoms. The summed E-state index contributed by atoms with van der Waals surface area (Å²) >= 11 is 0. The third-order valence-corrected chi connectivity index (χ3v) is 3.99. The largest absolute Gasteiger partial charge is 0.316 e. The Labute approximate surface area is 103 Å². The lowest BCUT2D eigenvalue weighted by Gasteiger charge is -2.16. The van der Waals surface area contributed by atoms with Gasteiger partial charge in [0.1, 0.15) is 0 Å². The molecular weight excluding hydrogens is 250 g/mol. The van der Waals surface area contributed by atoms with Gasteiger partial charge < -0.3 is 10.2 Å². The van der Waals surface area contributed by atoms with Crippen LogP contribution in [-0.2, 0) is 10.0 Å². The molecule has 2 rings (SSSR count). The van der Waals surface area contributed by atoms with E-state index >= 15 is 0 Å². The fourth-order valence-electron chi connectivity index (χ4n) is 2.52. The summed E-state index contributed by atoms with van der Waals surface area (Å²) in [5, 5.41) is 3.39. The molecule has 0 bridgehead atoms. The van der Waals surface area contributed by atoms with Crippen molar-refractivity contribution in [1.82, 2.24) is 14.9 Å². The van der Waals surface area contributed by atoms with Crippen LogP contribution >= 0.6 is 12.4 Å². The lowest BCUT2D eigenvalue weighted by atomic mass is 10.0. The molecule has 0 amide bonds. The third-order valence-electron chi connectivity index (χ3n) is 3.26. The van der Waals surface area contributed by atoms with Crippen LogP contribution in [0.4, 0.5) is 0 Å². The maximum Gasteiger partial charge on any atom is 0.208 e. The summed E-state index contributed by atoms with van der Waals surface area (Å²) in [6.07, 6.45) is 1.20. The second kappa shape index (κ2) is 5.64. The highest BCUT2D eigenvalue weighted by atomic mass is 35.5. The normalized spacial score (nSPS) is 30.1. The molecule has 96 valence electrons. The van der Waals surface area contributed by atoms with E-state index in [1.165, 1.54) is 6.26 Å². The Morgan fingerprint density at radius 2 is 1.88 bits per heavy atom. The first-order valence-electron chi connectivity index (χ1n) is 5.42. The monoisotopic (exact) mass is 269 g/mol. The molecule has 0 aromatic heterocycles. The number of fused-ring (bicyclic) bond motifs is 1. The van der Waals surface area contributed by atoms with Crippen LogP contribution in [0.2, 0.25) is 0 Å². The Hall–Kier alpha value is 0.120. The van der Waals surface area contributed by atoms with E-state index < -0.39 is 10.0 Å². The van der Waals surface area contributed by atoms with Gasteiger partial charge >= 0.3 is 0 Å². The average molecular weight is 270 g/mol. The van der Waals surface area contributed by atoms with E-state index in [2.05, 4.69) is 14.9 Å². The van der Waals surface area contributed by atoms with Crippen molar-refractivity contribution < 1.29 is 8.42 Å². The molecule has 2 saturated heterocycles. The lowest BCUT2D eigenvalue weighted by Crippen LogP contribution is -2.34. The van der Waals surface area contributed by atoms with Crippen LogP contribution in [0, 0.1) is 11.8 Å². The van der Waals surface area contributed by atoms with Crippen molar-refractivity contribution in [2.45, 2.75) is 0 Å². The fraction of sp³-hybridized carbons (Fsp3) is 1.00. The first kappa shape index (κ1) is 14.2. The first-order valence-corrected chi connectivity index (χ1v) is 7.31. The van der Waals surface area contributed by atoms with Crippen molar-refractivity contribution >= 4 is 22.4 Å². The van der Waals surface area contributed by atoms with Gasteiger partial charge in [-0.2, -0.15) is 0 Å². The summed E-state index contributed by atoms with van der Waals surface area (Å²) in [6, 6.07) is 0. The number of halogens is 1. The Kier molecular flexibility index (Phi) is 5.00.